The van der Waals surface area contributed by atoms with Gasteiger partial charge in [-0.05, 0) is 48.0 Å². The van der Waals surface area contributed by atoms with E-state index in [2.05, 4.69) is 72.7 Å². The van der Waals surface area contributed by atoms with Gasteiger partial charge in [0.2, 0.25) is 0 Å². The van der Waals surface area contributed by atoms with E-state index in [0.29, 0.717) is 10.3 Å². The van der Waals surface area contributed by atoms with Crippen molar-refractivity contribution >= 4 is 7.92 Å². The van der Waals surface area contributed by atoms with Crippen molar-refractivity contribution in [1.82, 2.24) is 0 Å². The van der Waals surface area contributed by atoms with Crippen molar-refractivity contribution < 1.29 is 16.8 Å². The minimum Gasteiger partial charge on any atom is -0.358 e. The summed E-state index contributed by atoms with van der Waals surface area (Å²) in [5.74, 6) is 0. The minimum absolute atomic E-state index is 0. The first-order chi connectivity index (χ1) is 8.21. The maximum absolute atomic E-state index is 3.25. The van der Waals surface area contributed by atoms with E-state index < -0.39 is 0 Å². The molecule has 0 radical (unpaired) electrons. The second-order valence-corrected chi connectivity index (χ2v) is 11.2. The fraction of sp³-hybridized carbons (Fsp3) is 0.611. The van der Waals surface area contributed by atoms with Gasteiger partial charge in [0.05, 0.1) is 16.5 Å². The average molecular weight is 341 g/mol. The van der Waals surface area contributed by atoms with Gasteiger partial charge in [-0.15, -0.1) is 0 Å². The number of hydrogen-bond acceptors (Lipinski definition) is 0. The molecule has 2 heteroatoms. The Kier molecular flexibility index (Phi) is 13.8. The van der Waals surface area contributed by atoms with Crippen LogP contribution in [0.25, 0.3) is 0 Å². The molecular formula is C18H35CoP+. The van der Waals surface area contributed by atoms with Gasteiger partial charge in [0, 0.05) is 7.92 Å². The zero-order valence-corrected chi connectivity index (χ0v) is 16.8. The molecule has 120 valence electrons. The first-order valence-electron chi connectivity index (χ1n) is 6.99. The third kappa shape index (κ3) is 9.26. The summed E-state index contributed by atoms with van der Waals surface area (Å²) in [7, 11) is -0.351. The van der Waals surface area contributed by atoms with Crippen molar-refractivity contribution in [3.63, 3.8) is 0 Å². The van der Waals surface area contributed by atoms with Crippen LogP contribution >= 0.6 is 7.92 Å². The quantitative estimate of drug-likeness (QED) is 0.464. The first-order valence-corrected chi connectivity index (χ1v) is 8.70. The van der Waals surface area contributed by atoms with Gasteiger partial charge in [-0.1, -0.05) is 0 Å². The number of rotatable bonds is 3. The fourth-order valence-electron chi connectivity index (χ4n) is 2.72. The minimum atomic E-state index is -0.351. The molecule has 0 aliphatic rings. The molecule has 1 rings (SSSR count). The molecule has 0 nitrogen and oxygen atoms in total. The van der Waals surface area contributed by atoms with Crippen LogP contribution in [0.1, 0.15) is 54.0 Å². The van der Waals surface area contributed by atoms with Gasteiger partial charge in [-0.2, -0.15) is 24.6 Å². The fourth-order valence-corrected chi connectivity index (χ4v) is 7.01. The van der Waals surface area contributed by atoms with E-state index in [4.69, 9.17) is 0 Å². The Balaban J connectivity index is -0.000000689. The van der Waals surface area contributed by atoms with Crippen molar-refractivity contribution in [2.75, 3.05) is 6.16 Å². The van der Waals surface area contributed by atoms with Crippen LogP contribution in [0.3, 0.4) is 0 Å². The topological polar surface area (TPSA) is 0 Å². The molecule has 0 aliphatic heterocycles. The van der Waals surface area contributed by atoms with E-state index in [1.54, 1.807) is 6.92 Å². The summed E-state index contributed by atoms with van der Waals surface area (Å²) in [6.45, 7) is 19.5. The van der Waals surface area contributed by atoms with E-state index in [9.17, 15) is 0 Å². The molecule has 0 saturated carbocycles. The normalized spacial score (nSPS) is 11.1. The van der Waals surface area contributed by atoms with Crippen molar-refractivity contribution in [1.29, 1.82) is 0 Å². The third-order valence-corrected chi connectivity index (χ3v) is 7.58. The molecule has 0 N–H and O–H groups in total. The van der Waals surface area contributed by atoms with Crippen LogP contribution in [0.15, 0.2) is 24.3 Å². The van der Waals surface area contributed by atoms with E-state index in [1.807, 2.05) is 0 Å². The Bertz CT molecular complexity index is 287. The summed E-state index contributed by atoms with van der Waals surface area (Å²) in [5.41, 5.74) is 1.51. The Morgan fingerprint density at radius 1 is 1.05 bits per heavy atom. The molecular weight excluding hydrogens is 306 g/mol. The molecule has 0 unspecified atom stereocenters. The molecule has 0 amide bonds. The largest absolute Gasteiger partial charge is 3.00 e. The maximum Gasteiger partial charge on any atom is 3.00 e. The van der Waals surface area contributed by atoms with Gasteiger partial charge in [0.15, 0.2) is 0 Å². The SMILES string of the molecule is CC(C)(C)[PH+](CCc1ccc[cH-]1)C(C)(C)C.[CH2-]C.[CH3-].[Co+3]. The number of aryl methyl sites for hydroxylation is 1. The predicted octanol–water partition coefficient (Wildman–Crippen LogP) is 6.05. The molecule has 0 bridgehead atoms. The van der Waals surface area contributed by atoms with Crippen LogP contribution in [-0.4, -0.2) is 16.5 Å². The Morgan fingerprint density at radius 2 is 1.50 bits per heavy atom. The van der Waals surface area contributed by atoms with Crippen LogP contribution in [-0.2, 0) is 23.2 Å². The number of hydrogen-bond donors (Lipinski definition) is 0. The molecule has 0 saturated heterocycles. The summed E-state index contributed by atoms with van der Waals surface area (Å²) in [6, 6.07) is 8.81. The molecule has 1 aromatic rings. The van der Waals surface area contributed by atoms with Gasteiger partial charge < -0.3 is 14.4 Å². The molecule has 0 spiro atoms. The van der Waals surface area contributed by atoms with Crippen LogP contribution in [0.4, 0.5) is 0 Å². The second-order valence-electron chi connectivity index (χ2n) is 6.77. The summed E-state index contributed by atoms with van der Waals surface area (Å²) in [4.78, 5) is 0. The van der Waals surface area contributed by atoms with Gasteiger partial charge in [0.25, 0.3) is 0 Å². The average Bonchev–Trinajstić information content (AvgIpc) is 2.69. The van der Waals surface area contributed by atoms with E-state index >= 15 is 0 Å². The smallest absolute Gasteiger partial charge is 0.358 e. The van der Waals surface area contributed by atoms with Crippen molar-refractivity contribution in [2.24, 2.45) is 0 Å². The van der Waals surface area contributed by atoms with E-state index in [-0.39, 0.29) is 32.1 Å². The van der Waals surface area contributed by atoms with E-state index in [0.717, 1.165) is 0 Å². The molecule has 0 aliphatic carbocycles. The zero-order valence-electron chi connectivity index (χ0n) is 14.8. The van der Waals surface area contributed by atoms with Gasteiger partial charge in [-0.3, -0.25) is 0 Å². The van der Waals surface area contributed by atoms with E-state index in [1.165, 1.54) is 18.1 Å². The summed E-state index contributed by atoms with van der Waals surface area (Å²) >= 11 is 0. The molecule has 20 heavy (non-hydrogen) atoms. The molecule has 0 atom stereocenters. The maximum atomic E-state index is 3.25. The van der Waals surface area contributed by atoms with Crippen molar-refractivity contribution in [3.8, 4) is 0 Å². The van der Waals surface area contributed by atoms with Crippen LogP contribution < -0.4 is 0 Å². The standard InChI is InChI=1S/C15H26P.C2H5.CH3.Co/c1-14(2,3)16(15(4,5)6)12-11-13-9-7-8-10-13;1-2;;/h7-10H,11-12H2,1-6H3;1H2,2H3;1H3;/q3*-1;+3/p+1. The zero-order chi connectivity index (χ0) is 14.4. The van der Waals surface area contributed by atoms with Gasteiger partial charge in [0.1, 0.15) is 0 Å². The van der Waals surface area contributed by atoms with Crippen LogP contribution in [0, 0.1) is 14.4 Å². The summed E-state index contributed by atoms with van der Waals surface area (Å²) in [5, 5.41) is 0.991. The van der Waals surface area contributed by atoms with Gasteiger partial charge >= 0.3 is 16.8 Å². The van der Waals surface area contributed by atoms with Crippen molar-refractivity contribution in [2.45, 2.75) is 65.2 Å². The predicted molar refractivity (Wildman–Crippen MR) is 95.9 cm³/mol. The second kappa shape index (κ2) is 10.9. The first kappa shape index (κ1) is 25.3. The van der Waals surface area contributed by atoms with Gasteiger partial charge in [-0.25, -0.2) is 12.1 Å². The Hall–Kier alpha value is 0.286. The Labute approximate surface area is 140 Å². The van der Waals surface area contributed by atoms with Crippen LogP contribution in [0.2, 0.25) is 0 Å². The third-order valence-electron chi connectivity index (χ3n) is 3.21. The van der Waals surface area contributed by atoms with Crippen LogP contribution in [0.5, 0.6) is 0 Å². The summed E-state index contributed by atoms with van der Waals surface area (Å²) in [6.07, 6.45) is 2.65. The molecule has 1 aromatic carbocycles. The molecule has 0 heterocycles. The monoisotopic (exact) mass is 341 g/mol. The Morgan fingerprint density at radius 3 is 1.80 bits per heavy atom. The molecule has 0 fully saturated rings. The summed E-state index contributed by atoms with van der Waals surface area (Å²) < 4.78 is 0. The van der Waals surface area contributed by atoms with Crippen molar-refractivity contribution in [3.05, 3.63) is 44.2 Å². The molecule has 0 aromatic heterocycles.